The lowest BCUT2D eigenvalue weighted by atomic mass is 9.87. The van der Waals surface area contributed by atoms with Gasteiger partial charge in [0.15, 0.2) is 0 Å². The molecule has 0 saturated carbocycles. The van der Waals surface area contributed by atoms with Gasteiger partial charge in [0.25, 0.3) is 0 Å². The summed E-state index contributed by atoms with van der Waals surface area (Å²) < 4.78 is 27.0. The van der Waals surface area contributed by atoms with E-state index in [-0.39, 0.29) is 30.3 Å². The van der Waals surface area contributed by atoms with Gasteiger partial charge in [-0.1, -0.05) is 93.0 Å². The van der Waals surface area contributed by atoms with Gasteiger partial charge in [0.05, 0.1) is 11.9 Å². The van der Waals surface area contributed by atoms with Crippen molar-refractivity contribution in [3.05, 3.63) is 101 Å². The minimum atomic E-state index is -3.84. The number of carbonyl (C=O) groups is 2. The fourth-order valence-corrected chi connectivity index (χ4v) is 5.53. The number of benzene rings is 3. The van der Waals surface area contributed by atoms with E-state index < -0.39 is 28.5 Å². The lowest BCUT2D eigenvalue weighted by Crippen LogP contribution is -2.54. The number of halogens is 1. The van der Waals surface area contributed by atoms with Gasteiger partial charge in [-0.15, -0.1) is 0 Å². The molecule has 9 heteroatoms. The number of hydrogen-bond donors (Lipinski definition) is 1. The van der Waals surface area contributed by atoms with Gasteiger partial charge in [-0.3, -0.25) is 13.9 Å². The maximum atomic E-state index is 14.1. The maximum Gasteiger partial charge on any atom is 0.244 e. The van der Waals surface area contributed by atoms with Gasteiger partial charge < -0.3 is 10.2 Å². The Bertz CT molecular complexity index is 1440. The van der Waals surface area contributed by atoms with Crippen molar-refractivity contribution >= 4 is 39.1 Å². The van der Waals surface area contributed by atoms with E-state index in [2.05, 4.69) is 26.1 Å². The molecule has 0 aliphatic carbocycles. The molecule has 0 heterocycles. The van der Waals surface area contributed by atoms with Crippen molar-refractivity contribution in [2.24, 2.45) is 0 Å². The van der Waals surface area contributed by atoms with E-state index in [1.54, 1.807) is 30.3 Å². The number of nitrogens with one attached hydrogen (secondary N) is 1. The van der Waals surface area contributed by atoms with E-state index in [1.165, 1.54) is 4.90 Å². The molecule has 1 atom stereocenters. The molecule has 220 valence electrons. The molecule has 41 heavy (non-hydrogen) atoms. The number of rotatable bonds is 11. The Morgan fingerprint density at radius 2 is 1.49 bits per heavy atom. The van der Waals surface area contributed by atoms with Gasteiger partial charge in [0.1, 0.15) is 12.6 Å². The lowest BCUT2D eigenvalue weighted by molar-refractivity contribution is -0.140. The Labute approximate surface area is 249 Å². The number of anilines is 1. The second-order valence-electron chi connectivity index (χ2n) is 11.5. The monoisotopic (exact) mass is 597 g/mol. The molecule has 0 fully saturated rings. The first kappa shape index (κ1) is 32.2. The standard InChI is InChI=1S/C32H40ClN3O4S/c1-23(2)34-31(38)29(20-24-12-8-7-9-13-24)35(21-25-14-10-11-15-28(25)33)30(37)22-36(41(6,39)40)27-18-16-26(17-19-27)32(3,4)5/h7-19,23,29H,20-22H2,1-6H3,(H,34,38)/t29-/m1/s1. The molecule has 0 aromatic heterocycles. The van der Waals surface area contributed by atoms with E-state index in [1.807, 2.05) is 62.4 Å². The third-order valence-corrected chi connectivity index (χ3v) is 8.21. The molecule has 1 N–H and O–H groups in total. The van der Waals surface area contributed by atoms with Crippen LogP contribution < -0.4 is 9.62 Å². The molecule has 0 unspecified atom stereocenters. The van der Waals surface area contributed by atoms with Crippen LogP contribution in [0.1, 0.15) is 51.3 Å². The Morgan fingerprint density at radius 1 is 0.902 bits per heavy atom. The fourth-order valence-electron chi connectivity index (χ4n) is 4.49. The first-order chi connectivity index (χ1) is 19.2. The van der Waals surface area contributed by atoms with E-state index in [0.717, 1.165) is 21.7 Å². The van der Waals surface area contributed by atoms with E-state index in [9.17, 15) is 18.0 Å². The molecule has 7 nitrogen and oxygen atoms in total. The van der Waals surface area contributed by atoms with E-state index in [0.29, 0.717) is 16.3 Å². The number of hydrogen-bond acceptors (Lipinski definition) is 4. The zero-order valence-electron chi connectivity index (χ0n) is 24.6. The molecule has 2 amide bonds. The highest BCUT2D eigenvalue weighted by Crippen LogP contribution is 2.27. The van der Waals surface area contributed by atoms with Crippen molar-refractivity contribution in [1.29, 1.82) is 0 Å². The second kappa shape index (κ2) is 13.5. The van der Waals surface area contributed by atoms with Crippen LogP contribution in [-0.2, 0) is 38.0 Å². The smallest absolute Gasteiger partial charge is 0.244 e. The van der Waals surface area contributed by atoms with Gasteiger partial charge in [-0.2, -0.15) is 0 Å². The molecule has 3 aromatic carbocycles. The highest BCUT2D eigenvalue weighted by Gasteiger charge is 2.33. The maximum absolute atomic E-state index is 14.1. The summed E-state index contributed by atoms with van der Waals surface area (Å²) in [5.74, 6) is -0.847. The molecule has 0 aliphatic heterocycles. The number of nitrogens with zero attached hydrogens (tertiary/aromatic N) is 2. The highest BCUT2D eigenvalue weighted by atomic mass is 35.5. The summed E-state index contributed by atoms with van der Waals surface area (Å²) in [4.78, 5) is 29.2. The van der Waals surface area contributed by atoms with Crippen LogP contribution in [0.2, 0.25) is 5.02 Å². The van der Waals surface area contributed by atoms with Crippen LogP contribution in [0, 0.1) is 0 Å². The molecule has 0 aliphatic rings. The quantitative estimate of drug-likeness (QED) is 0.313. The van der Waals surface area contributed by atoms with Gasteiger partial charge >= 0.3 is 0 Å². The van der Waals surface area contributed by atoms with Crippen LogP contribution in [0.15, 0.2) is 78.9 Å². The predicted octanol–water partition coefficient (Wildman–Crippen LogP) is 5.57. The summed E-state index contributed by atoms with van der Waals surface area (Å²) in [6, 6.07) is 22.6. The first-order valence-corrected chi connectivity index (χ1v) is 15.8. The largest absolute Gasteiger partial charge is 0.352 e. The Hall–Kier alpha value is -3.36. The molecular weight excluding hydrogens is 558 g/mol. The average molecular weight is 598 g/mol. The van der Waals surface area contributed by atoms with Crippen LogP contribution in [0.5, 0.6) is 0 Å². The number of amides is 2. The topological polar surface area (TPSA) is 86.8 Å². The molecule has 0 saturated heterocycles. The molecule has 0 radical (unpaired) electrons. The summed E-state index contributed by atoms with van der Waals surface area (Å²) in [5, 5.41) is 3.39. The summed E-state index contributed by atoms with van der Waals surface area (Å²) in [5.41, 5.74) is 2.81. The molecular formula is C32H40ClN3O4S. The van der Waals surface area contributed by atoms with Crippen LogP contribution in [0.4, 0.5) is 5.69 Å². The Morgan fingerprint density at radius 3 is 2.02 bits per heavy atom. The predicted molar refractivity (Wildman–Crippen MR) is 167 cm³/mol. The van der Waals surface area contributed by atoms with Gasteiger partial charge in [-0.05, 0) is 54.2 Å². The van der Waals surface area contributed by atoms with Crippen LogP contribution in [-0.4, -0.2) is 50.0 Å². The zero-order chi connectivity index (χ0) is 30.4. The van der Waals surface area contributed by atoms with Crippen molar-refractivity contribution in [2.75, 3.05) is 17.1 Å². The van der Waals surface area contributed by atoms with Crippen molar-refractivity contribution in [2.45, 2.75) is 65.1 Å². The van der Waals surface area contributed by atoms with E-state index >= 15 is 0 Å². The van der Waals surface area contributed by atoms with E-state index in [4.69, 9.17) is 11.6 Å². The third kappa shape index (κ3) is 9.07. The fraction of sp³-hybridized carbons (Fsp3) is 0.375. The van der Waals surface area contributed by atoms with Crippen LogP contribution in [0.25, 0.3) is 0 Å². The molecule has 0 spiro atoms. The van der Waals surface area contributed by atoms with Gasteiger partial charge in [-0.25, -0.2) is 8.42 Å². The van der Waals surface area contributed by atoms with Crippen molar-refractivity contribution in [3.63, 3.8) is 0 Å². The average Bonchev–Trinajstić information content (AvgIpc) is 2.89. The summed E-state index contributed by atoms with van der Waals surface area (Å²) >= 11 is 6.48. The molecule has 0 bridgehead atoms. The Balaban J connectivity index is 2.06. The Kier molecular flexibility index (Phi) is 10.6. The summed E-state index contributed by atoms with van der Waals surface area (Å²) in [7, 11) is -3.84. The summed E-state index contributed by atoms with van der Waals surface area (Å²) in [6.07, 6.45) is 1.32. The zero-order valence-corrected chi connectivity index (χ0v) is 26.2. The normalized spacial score (nSPS) is 12.6. The second-order valence-corrected chi connectivity index (χ2v) is 13.9. The highest BCUT2D eigenvalue weighted by molar-refractivity contribution is 7.92. The van der Waals surface area contributed by atoms with Crippen LogP contribution >= 0.6 is 11.6 Å². The summed E-state index contributed by atoms with van der Waals surface area (Å²) in [6.45, 7) is 9.47. The minimum Gasteiger partial charge on any atom is -0.352 e. The lowest BCUT2D eigenvalue weighted by Gasteiger charge is -2.34. The van der Waals surface area contributed by atoms with Crippen molar-refractivity contribution in [3.8, 4) is 0 Å². The van der Waals surface area contributed by atoms with Gasteiger partial charge in [0.2, 0.25) is 21.8 Å². The molecule has 3 rings (SSSR count). The minimum absolute atomic E-state index is 0.0298. The molecule has 3 aromatic rings. The number of sulfonamides is 1. The third-order valence-electron chi connectivity index (χ3n) is 6.70. The van der Waals surface area contributed by atoms with Gasteiger partial charge in [0, 0.05) is 24.0 Å². The van der Waals surface area contributed by atoms with Crippen LogP contribution in [0.3, 0.4) is 0 Å². The number of carbonyl (C=O) groups excluding carboxylic acids is 2. The van der Waals surface area contributed by atoms with Crippen molar-refractivity contribution < 1.29 is 18.0 Å². The SMILES string of the molecule is CC(C)NC(=O)[C@@H](Cc1ccccc1)N(Cc1ccccc1Cl)C(=O)CN(c1ccc(C(C)(C)C)cc1)S(C)(=O)=O. The first-order valence-electron chi connectivity index (χ1n) is 13.6. The van der Waals surface area contributed by atoms with Crippen molar-refractivity contribution in [1.82, 2.24) is 10.2 Å².